The number of allylic oxidation sites excluding steroid dienone is 1. The maximum atomic E-state index is 10.8. The van der Waals surface area contributed by atoms with E-state index in [1.165, 1.54) is 6.92 Å². The van der Waals surface area contributed by atoms with Crippen molar-refractivity contribution in [2.45, 2.75) is 19.4 Å². The van der Waals surface area contributed by atoms with Gasteiger partial charge in [0.25, 0.3) is 0 Å². The summed E-state index contributed by atoms with van der Waals surface area (Å²) in [5.74, 6) is 0.711. The number of nitrogens with one attached hydrogen (secondary N) is 1. The van der Waals surface area contributed by atoms with Crippen LogP contribution in [-0.2, 0) is 14.3 Å². The van der Waals surface area contributed by atoms with Crippen LogP contribution in [0, 0.1) is 0 Å². The Labute approximate surface area is 83.6 Å². The lowest BCUT2D eigenvalue weighted by atomic mass is 10.1. The molecule has 0 fully saturated rings. The molecule has 0 aliphatic heterocycles. The standard InChI is InChI=1S/C10H15NO3/c1-7(12)11-8-4-9(13-2)6-10(5-8)14-3/h4-5,9H,6H2,1-3H3,(H,11,12). The second-order valence-corrected chi connectivity index (χ2v) is 3.10. The zero-order valence-electron chi connectivity index (χ0n) is 8.66. The Balaban J connectivity index is 2.74. The Kier molecular flexibility index (Phi) is 3.71. The molecule has 1 aliphatic carbocycles. The number of ether oxygens (including phenoxy) is 2. The van der Waals surface area contributed by atoms with E-state index in [9.17, 15) is 4.79 Å². The molecule has 14 heavy (non-hydrogen) atoms. The number of hydrogen-bond donors (Lipinski definition) is 1. The Morgan fingerprint density at radius 2 is 2.29 bits per heavy atom. The predicted molar refractivity (Wildman–Crippen MR) is 52.4 cm³/mol. The summed E-state index contributed by atoms with van der Waals surface area (Å²) in [7, 11) is 3.24. The van der Waals surface area contributed by atoms with Crippen molar-refractivity contribution in [3.8, 4) is 0 Å². The number of hydrogen-bond acceptors (Lipinski definition) is 3. The Morgan fingerprint density at radius 3 is 2.79 bits per heavy atom. The highest BCUT2D eigenvalue weighted by Crippen LogP contribution is 2.18. The van der Waals surface area contributed by atoms with Gasteiger partial charge in [-0.25, -0.2) is 0 Å². The molecule has 0 spiro atoms. The van der Waals surface area contributed by atoms with Crippen LogP contribution in [0.25, 0.3) is 0 Å². The zero-order chi connectivity index (χ0) is 10.6. The quantitative estimate of drug-likeness (QED) is 0.733. The number of amides is 1. The van der Waals surface area contributed by atoms with Crippen LogP contribution >= 0.6 is 0 Å². The smallest absolute Gasteiger partial charge is 0.221 e. The summed E-state index contributed by atoms with van der Waals surface area (Å²) >= 11 is 0. The van der Waals surface area contributed by atoms with Crippen molar-refractivity contribution in [2.24, 2.45) is 0 Å². The van der Waals surface area contributed by atoms with Crippen molar-refractivity contribution in [3.63, 3.8) is 0 Å². The molecule has 0 aromatic heterocycles. The second-order valence-electron chi connectivity index (χ2n) is 3.10. The number of carbonyl (C=O) groups is 1. The van der Waals surface area contributed by atoms with E-state index in [4.69, 9.17) is 9.47 Å². The van der Waals surface area contributed by atoms with Gasteiger partial charge in [-0.2, -0.15) is 0 Å². The van der Waals surface area contributed by atoms with Gasteiger partial charge in [-0.15, -0.1) is 0 Å². The van der Waals surface area contributed by atoms with Crippen LogP contribution in [0.2, 0.25) is 0 Å². The van der Waals surface area contributed by atoms with E-state index in [1.807, 2.05) is 6.08 Å². The van der Waals surface area contributed by atoms with Gasteiger partial charge >= 0.3 is 0 Å². The zero-order valence-corrected chi connectivity index (χ0v) is 8.66. The minimum absolute atomic E-state index is 0.0307. The van der Waals surface area contributed by atoms with Crippen LogP contribution in [-0.4, -0.2) is 26.2 Å². The predicted octanol–water partition coefficient (Wildman–Crippen LogP) is 0.955. The summed E-state index contributed by atoms with van der Waals surface area (Å²) < 4.78 is 10.3. The van der Waals surface area contributed by atoms with E-state index < -0.39 is 0 Å². The summed E-state index contributed by atoms with van der Waals surface area (Å²) in [4.78, 5) is 10.8. The third-order valence-electron chi connectivity index (χ3n) is 1.97. The van der Waals surface area contributed by atoms with E-state index in [1.54, 1.807) is 20.3 Å². The topological polar surface area (TPSA) is 47.6 Å². The second kappa shape index (κ2) is 4.81. The van der Waals surface area contributed by atoms with E-state index in [0.29, 0.717) is 6.42 Å². The molecule has 0 aromatic rings. The van der Waals surface area contributed by atoms with Gasteiger partial charge < -0.3 is 14.8 Å². The lowest BCUT2D eigenvalue weighted by Crippen LogP contribution is -2.23. The van der Waals surface area contributed by atoms with Gasteiger partial charge in [0.2, 0.25) is 5.91 Å². The van der Waals surface area contributed by atoms with Crippen LogP contribution in [0.15, 0.2) is 23.6 Å². The van der Waals surface area contributed by atoms with Gasteiger partial charge in [0, 0.05) is 26.2 Å². The maximum Gasteiger partial charge on any atom is 0.221 e. The Morgan fingerprint density at radius 1 is 1.57 bits per heavy atom. The third kappa shape index (κ3) is 2.88. The lowest BCUT2D eigenvalue weighted by molar-refractivity contribution is -0.118. The normalized spacial score (nSPS) is 20.9. The molecular weight excluding hydrogens is 182 g/mol. The van der Waals surface area contributed by atoms with Gasteiger partial charge in [0.1, 0.15) is 5.76 Å². The molecule has 0 saturated carbocycles. The molecule has 0 heterocycles. The SMILES string of the molecule is COC1=CC(NC(C)=O)=CC(OC)C1. The molecule has 1 N–H and O–H groups in total. The van der Waals surface area contributed by atoms with Gasteiger partial charge in [-0.3, -0.25) is 4.79 Å². The molecule has 4 nitrogen and oxygen atoms in total. The summed E-state index contributed by atoms with van der Waals surface area (Å²) in [5, 5.41) is 2.70. The Bertz CT molecular complexity index is 281. The van der Waals surface area contributed by atoms with E-state index in [-0.39, 0.29) is 12.0 Å². The molecule has 1 amide bonds. The van der Waals surface area contributed by atoms with Crippen molar-refractivity contribution in [1.29, 1.82) is 0 Å². The van der Waals surface area contributed by atoms with Crippen LogP contribution in [0.5, 0.6) is 0 Å². The third-order valence-corrected chi connectivity index (χ3v) is 1.97. The molecular formula is C10H15NO3. The highest BCUT2D eigenvalue weighted by atomic mass is 16.5. The van der Waals surface area contributed by atoms with Crippen LogP contribution in [0.1, 0.15) is 13.3 Å². The molecule has 78 valence electrons. The van der Waals surface area contributed by atoms with Crippen molar-refractivity contribution >= 4 is 5.91 Å². The largest absolute Gasteiger partial charge is 0.501 e. The fourth-order valence-electron chi connectivity index (χ4n) is 1.31. The van der Waals surface area contributed by atoms with Gasteiger partial charge in [-0.1, -0.05) is 0 Å². The van der Waals surface area contributed by atoms with Crippen LogP contribution in [0.3, 0.4) is 0 Å². The molecule has 1 rings (SSSR count). The number of rotatable bonds is 3. The minimum Gasteiger partial charge on any atom is -0.501 e. The Hall–Kier alpha value is -1.29. The average molecular weight is 197 g/mol. The summed E-state index contributed by atoms with van der Waals surface area (Å²) in [5.41, 5.74) is 0.729. The molecule has 0 aromatic carbocycles. The minimum atomic E-state index is -0.0975. The summed E-state index contributed by atoms with van der Waals surface area (Å²) in [6.45, 7) is 1.47. The first kappa shape index (κ1) is 10.8. The highest BCUT2D eigenvalue weighted by Gasteiger charge is 2.15. The average Bonchev–Trinajstić information content (AvgIpc) is 2.16. The molecule has 1 unspecified atom stereocenters. The molecule has 0 saturated heterocycles. The first-order valence-corrected chi connectivity index (χ1v) is 4.42. The first-order chi connectivity index (χ1) is 6.65. The number of carbonyl (C=O) groups excluding carboxylic acids is 1. The van der Waals surface area contributed by atoms with E-state index in [2.05, 4.69) is 5.32 Å². The lowest BCUT2D eigenvalue weighted by Gasteiger charge is -2.19. The molecule has 0 radical (unpaired) electrons. The van der Waals surface area contributed by atoms with Gasteiger partial charge in [0.15, 0.2) is 0 Å². The van der Waals surface area contributed by atoms with Gasteiger partial charge in [0.05, 0.1) is 13.2 Å². The molecule has 0 bridgehead atoms. The maximum absolute atomic E-state index is 10.8. The van der Waals surface area contributed by atoms with Crippen molar-refractivity contribution in [3.05, 3.63) is 23.6 Å². The first-order valence-electron chi connectivity index (χ1n) is 4.42. The monoisotopic (exact) mass is 197 g/mol. The summed E-state index contributed by atoms with van der Waals surface area (Å²) in [6, 6.07) is 0. The van der Waals surface area contributed by atoms with Crippen LogP contribution in [0.4, 0.5) is 0 Å². The fraction of sp³-hybridized carbons (Fsp3) is 0.500. The van der Waals surface area contributed by atoms with Crippen molar-refractivity contribution < 1.29 is 14.3 Å². The van der Waals surface area contributed by atoms with Crippen molar-refractivity contribution in [1.82, 2.24) is 5.32 Å². The number of methoxy groups -OCH3 is 2. The van der Waals surface area contributed by atoms with E-state index >= 15 is 0 Å². The summed E-state index contributed by atoms with van der Waals surface area (Å²) in [6.07, 6.45) is 4.34. The van der Waals surface area contributed by atoms with Gasteiger partial charge in [-0.05, 0) is 12.2 Å². The highest BCUT2D eigenvalue weighted by molar-refractivity contribution is 5.75. The molecule has 4 heteroatoms. The van der Waals surface area contributed by atoms with E-state index in [0.717, 1.165) is 11.5 Å². The van der Waals surface area contributed by atoms with Crippen LogP contribution < -0.4 is 5.32 Å². The molecule has 1 aliphatic rings. The fourth-order valence-corrected chi connectivity index (χ4v) is 1.31. The molecule has 1 atom stereocenters. The van der Waals surface area contributed by atoms with Crippen molar-refractivity contribution in [2.75, 3.05) is 14.2 Å².